The van der Waals surface area contributed by atoms with Crippen LogP contribution in [-0.4, -0.2) is 18.2 Å². The highest BCUT2D eigenvalue weighted by Crippen LogP contribution is 2.51. The first-order chi connectivity index (χ1) is 13.5. The Morgan fingerprint density at radius 1 is 1.04 bits per heavy atom. The summed E-state index contributed by atoms with van der Waals surface area (Å²) in [4.78, 5) is 25.8. The molecule has 3 aliphatic rings. The first kappa shape index (κ1) is 19.1. The van der Waals surface area contributed by atoms with Gasteiger partial charge in [0.25, 0.3) is 0 Å². The number of terminal acetylenes is 1. The number of hydrogen-bond acceptors (Lipinski definition) is 4. The maximum Gasteiger partial charge on any atom is 0.163 e. The minimum Gasteiger partial charge on any atom is -0.479 e. The Morgan fingerprint density at radius 3 is 2.21 bits per heavy atom. The second kappa shape index (κ2) is 7.66. The molecule has 1 aliphatic heterocycles. The summed E-state index contributed by atoms with van der Waals surface area (Å²) in [7, 11) is 0. The molecule has 0 unspecified atom stereocenters. The van der Waals surface area contributed by atoms with Gasteiger partial charge >= 0.3 is 0 Å². The van der Waals surface area contributed by atoms with Crippen molar-refractivity contribution in [2.45, 2.75) is 44.4 Å². The number of carbonyl (C=O) groups is 2. The van der Waals surface area contributed by atoms with E-state index in [0.29, 0.717) is 69.7 Å². The third-order valence-electron chi connectivity index (χ3n) is 5.29. The van der Waals surface area contributed by atoms with Crippen LogP contribution >= 0.6 is 23.2 Å². The average Bonchev–Trinajstić information content (AvgIpc) is 2.66. The minimum absolute atomic E-state index is 0.0112. The highest BCUT2D eigenvalue weighted by atomic mass is 35.5. The van der Waals surface area contributed by atoms with E-state index in [9.17, 15) is 9.59 Å². The molecule has 0 fully saturated rings. The fourth-order valence-corrected chi connectivity index (χ4v) is 4.75. The summed E-state index contributed by atoms with van der Waals surface area (Å²) in [5, 5.41) is 0.690. The molecule has 1 heterocycles. The van der Waals surface area contributed by atoms with Crippen molar-refractivity contribution in [3.05, 3.63) is 50.4 Å². The van der Waals surface area contributed by atoms with Gasteiger partial charge in [-0.1, -0.05) is 29.1 Å². The predicted molar refractivity (Wildman–Crippen MR) is 106 cm³/mol. The van der Waals surface area contributed by atoms with Crippen LogP contribution in [0.15, 0.2) is 34.8 Å². The number of halogens is 2. The molecule has 0 bridgehead atoms. The van der Waals surface area contributed by atoms with E-state index in [2.05, 4.69) is 5.92 Å². The molecular formula is C22H18Cl2O4. The topological polar surface area (TPSA) is 52.6 Å². The highest BCUT2D eigenvalue weighted by Gasteiger charge is 2.43. The summed E-state index contributed by atoms with van der Waals surface area (Å²) < 4.78 is 11.8. The van der Waals surface area contributed by atoms with E-state index in [4.69, 9.17) is 39.1 Å². The first-order valence-electron chi connectivity index (χ1n) is 9.26. The summed E-state index contributed by atoms with van der Waals surface area (Å²) >= 11 is 12.7. The third-order valence-corrected chi connectivity index (χ3v) is 5.79. The number of carbonyl (C=O) groups excluding carboxylic acids is 2. The van der Waals surface area contributed by atoms with Crippen LogP contribution in [0.1, 0.15) is 50.0 Å². The Morgan fingerprint density at radius 2 is 1.64 bits per heavy atom. The van der Waals surface area contributed by atoms with Crippen LogP contribution < -0.4 is 4.74 Å². The van der Waals surface area contributed by atoms with Crippen molar-refractivity contribution < 1.29 is 19.1 Å². The molecule has 0 saturated heterocycles. The number of ether oxygens (including phenoxy) is 2. The fourth-order valence-electron chi connectivity index (χ4n) is 4.19. The Labute approximate surface area is 173 Å². The Kier molecular flexibility index (Phi) is 5.23. The van der Waals surface area contributed by atoms with Gasteiger partial charge in [-0.15, -0.1) is 6.42 Å². The molecular weight excluding hydrogens is 399 g/mol. The zero-order chi connectivity index (χ0) is 19.8. The normalized spacial score (nSPS) is 19.8. The first-order valence-corrected chi connectivity index (χ1v) is 10.0. The third kappa shape index (κ3) is 3.23. The number of ketones is 2. The summed E-state index contributed by atoms with van der Waals surface area (Å²) in [6.45, 7) is 0.0112. The van der Waals surface area contributed by atoms with Gasteiger partial charge in [0.1, 0.15) is 23.9 Å². The molecule has 0 radical (unpaired) electrons. The SMILES string of the molecule is C#CCOc1c(Cl)cc(Cl)cc1C1C2=C(CCCC2=O)OC2=C1C(=O)CCC2. The smallest absolute Gasteiger partial charge is 0.163 e. The summed E-state index contributed by atoms with van der Waals surface area (Å²) in [6, 6.07) is 3.27. The number of Topliss-reactive ketones (excluding diaryl/α,β-unsaturated/α-hetero) is 2. The van der Waals surface area contributed by atoms with E-state index < -0.39 is 5.92 Å². The van der Waals surface area contributed by atoms with Gasteiger partial charge in [0.2, 0.25) is 0 Å². The number of allylic oxidation sites excluding steroid dienone is 4. The van der Waals surface area contributed by atoms with Crippen LogP contribution in [0.2, 0.25) is 10.0 Å². The Bertz CT molecular complexity index is 939. The largest absolute Gasteiger partial charge is 0.479 e. The van der Waals surface area contributed by atoms with Crippen LogP contribution in [0.25, 0.3) is 0 Å². The van der Waals surface area contributed by atoms with Gasteiger partial charge in [0.15, 0.2) is 11.6 Å². The standard InChI is InChI=1S/C22H18Cl2O4/c1-2-9-27-22-13(10-12(23)11-14(22)24)19-20-15(25)5-3-7-17(20)28-18-8-4-6-16(26)21(18)19/h1,10-11,19H,3-9H2. The van der Waals surface area contributed by atoms with Gasteiger partial charge in [0, 0.05) is 47.4 Å². The monoisotopic (exact) mass is 416 g/mol. The molecule has 4 nitrogen and oxygen atoms in total. The van der Waals surface area contributed by atoms with E-state index in [0.717, 1.165) is 12.8 Å². The van der Waals surface area contributed by atoms with E-state index >= 15 is 0 Å². The van der Waals surface area contributed by atoms with Crippen LogP contribution in [0.5, 0.6) is 5.75 Å². The lowest BCUT2D eigenvalue weighted by Crippen LogP contribution is -2.30. The van der Waals surface area contributed by atoms with Crippen molar-refractivity contribution in [2.24, 2.45) is 0 Å². The molecule has 4 rings (SSSR count). The molecule has 0 saturated carbocycles. The van der Waals surface area contributed by atoms with Gasteiger partial charge in [-0.25, -0.2) is 0 Å². The van der Waals surface area contributed by atoms with Crippen LogP contribution in [0.4, 0.5) is 0 Å². The van der Waals surface area contributed by atoms with E-state index in [1.54, 1.807) is 12.1 Å². The van der Waals surface area contributed by atoms with Crippen molar-refractivity contribution in [1.82, 2.24) is 0 Å². The van der Waals surface area contributed by atoms with E-state index in [1.165, 1.54) is 0 Å². The Hall–Kier alpha value is -2.22. The van der Waals surface area contributed by atoms with Crippen LogP contribution in [0, 0.1) is 12.3 Å². The molecule has 1 aromatic rings. The Balaban J connectivity index is 1.96. The van der Waals surface area contributed by atoms with Crippen molar-refractivity contribution in [1.29, 1.82) is 0 Å². The maximum absolute atomic E-state index is 12.9. The lowest BCUT2D eigenvalue weighted by atomic mass is 9.73. The number of benzene rings is 1. The molecule has 0 amide bonds. The van der Waals surface area contributed by atoms with Crippen molar-refractivity contribution >= 4 is 34.8 Å². The summed E-state index contributed by atoms with van der Waals surface area (Å²) in [5.74, 6) is 3.44. The van der Waals surface area contributed by atoms with E-state index in [-0.39, 0.29) is 18.2 Å². The lowest BCUT2D eigenvalue weighted by molar-refractivity contribution is -0.117. The van der Waals surface area contributed by atoms with Gasteiger partial charge < -0.3 is 9.47 Å². The second-order valence-corrected chi connectivity index (χ2v) is 7.90. The van der Waals surface area contributed by atoms with Crippen LogP contribution in [-0.2, 0) is 14.3 Å². The minimum atomic E-state index is -0.594. The molecule has 0 N–H and O–H groups in total. The zero-order valence-corrected chi connectivity index (χ0v) is 16.7. The molecule has 28 heavy (non-hydrogen) atoms. The van der Waals surface area contributed by atoms with Crippen molar-refractivity contribution in [3.8, 4) is 18.1 Å². The van der Waals surface area contributed by atoms with Crippen LogP contribution in [0.3, 0.4) is 0 Å². The lowest BCUT2D eigenvalue weighted by Gasteiger charge is -2.36. The highest BCUT2D eigenvalue weighted by molar-refractivity contribution is 6.35. The molecule has 2 aliphatic carbocycles. The average molecular weight is 417 g/mol. The van der Waals surface area contributed by atoms with Crippen molar-refractivity contribution in [2.75, 3.05) is 6.61 Å². The quantitative estimate of drug-likeness (QED) is 0.640. The van der Waals surface area contributed by atoms with Gasteiger partial charge in [-0.2, -0.15) is 0 Å². The second-order valence-electron chi connectivity index (χ2n) is 7.06. The fraction of sp³-hybridized carbons (Fsp3) is 0.364. The molecule has 0 spiro atoms. The van der Waals surface area contributed by atoms with Crippen molar-refractivity contribution in [3.63, 3.8) is 0 Å². The van der Waals surface area contributed by atoms with E-state index in [1.807, 2.05) is 0 Å². The number of rotatable bonds is 3. The molecule has 0 atom stereocenters. The van der Waals surface area contributed by atoms with Gasteiger partial charge in [-0.05, 0) is 25.0 Å². The zero-order valence-electron chi connectivity index (χ0n) is 15.1. The summed E-state index contributed by atoms with van der Waals surface area (Å²) in [5.41, 5.74) is 1.62. The van der Waals surface area contributed by atoms with Gasteiger partial charge in [-0.3, -0.25) is 9.59 Å². The molecule has 1 aromatic carbocycles. The molecule has 0 aromatic heterocycles. The maximum atomic E-state index is 12.9. The molecule has 144 valence electrons. The molecule has 6 heteroatoms. The number of hydrogen-bond donors (Lipinski definition) is 0. The van der Waals surface area contributed by atoms with Gasteiger partial charge in [0.05, 0.1) is 10.9 Å². The summed E-state index contributed by atoms with van der Waals surface area (Å²) in [6.07, 6.45) is 8.99. The predicted octanol–water partition coefficient (Wildman–Crippen LogP) is 5.13.